The molecule has 0 bridgehead atoms. The molecule has 1 N–H and O–H groups in total. The lowest BCUT2D eigenvalue weighted by molar-refractivity contribution is -0.116. The van der Waals surface area contributed by atoms with Gasteiger partial charge in [0.2, 0.25) is 5.91 Å². The van der Waals surface area contributed by atoms with Gasteiger partial charge in [0.25, 0.3) is 0 Å². The summed E-state index contributed by atoms with van der Waals surface area (Å²) in [4.78, 5) is 16.1. The Morgan fingerprint density at radius 3 is 3.10 bits per heavy atom. The van der Waals surface area contributed by atoms with Crippen LogP contribution in [0.25, 0.3) is 10.2 Å². The number of carbonyl (C=O) groups excluding carboxylic acids is 1. The fraction of sp³-hybridized carbons (Fsp3) is 0.333. The lowest BCUT2D eigenvalue weighted by Gasteiger charge is -1.98. The van der Waals surface area contributed by atoms with Crippen LogP contribution in [0.3, 0.4) is 0 Å². The molecule has 1 aromatic heterocycles. The Bertz CT molecular complexity index is 667. The van der Waals surface area contributed by atoms with Gasteiger partial charge in [-0.3, -0.25) is 4.79 Å². The fourth-order valence-corrected chi connectivity index (χ4v) is 2.64. The molecule has 0 saturated heterocycles. The number of aromatic nitrogens is 1. The molecule has 0 fully saturated rings. The number of hydrogen-bond acceptors (Lipinski definition) is 4. The molecule has 1 amide bonds. The molecule has 0 aliphatic rings. The Hall–Kier alpha value is -2.06. The van der Waals surface area contributed by atoms with Crippen molar-refractivity contribution in [3.63, 3.8) is 0 Å². The molecule has 0 unspecified atom stereocenters. The van der Waals surface area contributed by atoms with Crippen LogP contribution < -0.4 is 10.1 Å². The van der Waals surface area contributed by atoms with Gasteiger partial charge in [0, 0.05) is 12.8 Å². The third-order valence-electron chi connectivity index (χ3n) is 2.72. The van der Waals surface area contributed by atoms with Crippen LogP contribution in [0.4, 0.5) is 5.13 Å². The average Bonchev–Trinajstić information content (AvgIpc) is 2.84. The van der Waals surface area contributed by atoms with Crippen molar-refractivity contribution in [1.29, 1.82) is 0 Å². The summed E-state index contributed by atoms with van der Waals surface area (Å²) in [7, 11) is 1.63. The van der Waals surface area contributed by atoms with Crippen LogP contribution in [-0.4, -0.2) is 18.0 Å². The molecule has 1 heterocycles. The minimum Gasteiger partial charge on any atom is -0.497 e. The van der Waals surface area contributed by atoms with Crippen LogP contribution in [0.1, 0.15) is 26.2 Å². The van der Waals surface area contributed by atoms with Gasteiger partial charge in [-0.15, -0.1) is 11.8 Å². The van der Waals surface area contributed by atoms with Crippen molar-refractivity contribution in [3.05, 3.63) is 18.2 Å². The van der Waals surface area contributed by atoms with Crippen LogP contribution in [0.5, 0.6) is 5.75 Å². The van der Waals surface area contributed by atoms with Gasteiger partial charge in [-0.1, -0.05) is 11.3 Å². The number of ether oxygens (including phenoxy) is 1. The SMILES string of the molecule is CC#CCCCC(=O)Nc1nc2ccc(OC)cc2s1. The van der Waals surface area contributed by atoms with Gasteiger partial charge in [-0.05, 0) is 31.5 Å². The number of hydrogen-bond donors (Lipinski definition) is 1. The van der Waals surface area contributed by atoms with Crippen molar-refractivity contribution in [2.24, 2.45) is 0 Å². The number of benzene rings is 1. The van der Waals surface area contributed by atoms with Gasteiger partial charge in [0.15, 0.2) is 5.13 Å². The largest absolute Gasteiger partial charge is 0.497 e. The molecule has 1 aromatic carbocycles. The molecule has 0 atom stereocenters. The van der Waals surface area contributed by atoms with Gasteiger partial charge < -0.3 is 10.1 Å². The normalized spacial score (nSPS) is 9.90. The number of nitrogens with one attached hydrogen (secondary N) is 1. The van der Waals surface area contributed by atoms with E-state index in [1.165, 1.54) is 11.3 Å². The van der Waals surface area contributed by atoms with Crippen molar-refractivity contribution >= 4 is 32.6 Å². The summed E-state index contributed by atoms with van der Waals surface area (Å²) in [6, 6.07) is 5.66. The maximum absolute atomic E-state index is 11.8. The Morgan fingerprint density at radius 1 is 1.50 bits per heavy atom. The Morgan fingerprint density at radius 2 is 2.35 bits per heavy atom. The summed E-state index contributed by atoms with van der Waals surface area (Å²) in [6.45, 7) is 1.80. The molecule has 104 valence electrons. The maximum atomic E-state index is 11.8. The minimum absolute atomic E-state index is 0.0195. The van der Waals surface area contributed by atoms with Gasteiger partial charge in [0.05, 0.1) is 17.3 Å². The molecule has 4 nitrogen and oxygen atoms in total. The van der Waals surface area contributed by atoms with Crippen molar-refractivity contribution in [3.8, 4) is 17.6 Å². The molecule has 0 spiro atoms. The highest BCUT2D eigenvalue weighted by Gasteiger charge is 2.08. The number of nitrogens with zero attached hydrogens (tertiary/aromatic N) is 1. The first-order chi connectivity index (χ1) is 9.72. The number of thiazole rings is 1. The third kappa shape index (κ3) is 3.72. The summed E-state index contributed by atoms with van der Waals surface area (Å²) >= 11 is 1.45. The number of carbonyl (C=O) groups is 1. The highest BCUT2D eigenvalue weighted by atomic mass is 32.1. The number of anilines is 1. The van der Waals surface area contributed by atoms with Gasteiger partial charge >= 0.3 is 0 Å². The van der Waals surface area contributed by atoms with Gasteiger partial charge in [0.1, 0.15) is 5.75 Å². The summed E-state index contributed by atoms with van der Waals surface area (Å²) in [5.41, 5.74) is 0.864. The van der Waals surface area contributed by atoms with Crippen LogP contribution in [0.15, 0.2) is 18.2 Å². The first kappa shape index (κ1) is 14.4. The molecule has 0 aliphatic carbocycles. The molecule has 2 rings (SSSR count). The van der Waals surface area contributed by atoms with E-state index in [4.69, 9.17) is 4.74 Å². The standard InChI is InChI=1S/C15H16N2O2S/c1-3-4-5-6-7-14(18)17-15-16-12-9-8-11(19-2)10-13(12)20-15/h8-10H,5-7H2,1-2H3,(H,16,17,18). The Balaban J connectivity index is 1.98. The summed E-state index contributed by atoms with van der Waals surface area (Å²) in [5, 5.41) is 3.45. The van der Waals surface area contributed by atoms with Crippen molar-refractivity contribution < 1.29 is 9.53 Å². The smallest absolute Gasteiger partial charge is 0.226 e. The van der Waals surface area contributed by atoms with Crippen LogP contribution in [0, 0.1) is 11.8 Å². The second kappa shape index (κ2) is 6.92. The number of fused-ring (bicyclic) bond motifs is 1. The zero-order valence-electron chi connectivity index (χ0n) is 11.5. The quantitative estimate of drug-likeness (QED) is 0.677. The maximum Gasteiger partial charge on any atom is 0.226 e. The fourth-order valence-electron chi connectivity index (χ4n) is 1.73. The third-order valence-corrected chi connectivity index (χ3v) is 3.66. The highest BCUT2D eigenvalue weighted by Crippen LogP contribution is 2.29. The summed E-state index contributed by atoms with van der Waals surface area (Å²) < 4.78 is 6.16. The zero-order valence-corrected chi connectivity index (χ0v) is 12.3. The number of methoxy groups -OCH3 is 1. The van der Waals surface area contributed by atoms with E-state index >= 15 is 0 Å². The van der Waals surface area contributed by atoms with E-state index in [1.807, 2.05) is 18.2 Å². The van der Waals surface area contributed by atoms with E-state index < -0.39 is 0 Å². The molecule has 0 aliphatic heterocycles. The highest BCUT2D eigenvalue weighted by molar-refractivity contribution is 7.22. The lowest BCUT2D eigenvalue weighted by Crippen LogP contribution is -2.10. The molecular weight excluding hydrogens is 272 g/mol. The predicted octanol–water partition coefficient (Wildman–Crippen LogP) is 3.44. The van der Waals surface area contributed by atoms with Crippen molar-refractivity contribution in [2.75, 3.05) is 12.4 Å². The van der Waals surface area contributed by atoms with E-state index in [9.17, 15) is 4.79 Å². The molecule has 5 heteroatoms. The monoisotopic (exact) mass is 288 g/mol. The van der Waals surface area contributed by atoms with Crippen LogP contribution in [-0.2, 0) is 4.79 Å². The number of amides is 1. The number of rotatable bonds is 5. The predicted molar refractivity (Wildman–Crippen MR) is 82.1 cm³/mol. The molecule has 0 radical (unpaired) electrons. The van der Waals surface area contributed by atoms with E-state index in [1.54, 1.807) is 14.0 Å². The topological polar surface area (TPSA) is 51.2 Å². The van der Waals surface area contributed by atoms with Gasteiger partial charge in [-0.25, -0.2) is 4.98 Å². The molecule has 20 heavy (non-hydrogen) atoms. The van der Waals surface area contributed by atoms with E-state index in [2.05, 4.69) is 22.1 Å². The van der Waals surface area contributed by atoms with E-state index in [-0.39, 0.29) is 5.91 Å². The van der Waals surface area contributed by atoms with Gasteiger partial charge in [-0.2, -0.15) is 0 Å². The second-order valence-electron chi connectivity index (χ2n) is 4.18. The average molecular weight is 288 g/mol. The molecule has 2 aromatic rings. The second-order valence-corrected chi connectivity index (χ2v) is 5.21. The molecular formula is C15H16N2O2S. The van der Waals surface area contributed by atoms with E-state index in [0.29, 0.717) is 11.6 Å². The summed E-state index contributed by atoms with van der Waals surface area (Å²) in [5.74, 6) is 6.53. The summed E-state index contributed by atoms with van der Waals surface area (Å²) in [6.07, 6.45) is 1.99. The first-order valence-corrected chi connectivity index (χ1v) is 7.18. The Labute approximate surface area is 122 Å². The zero-order chi connectivity index (χ0) is 14.4. The van der Waals surface area contributed by atoms with Crippen molar-refractivity contribution in [2.45, 2.75) is 26.2 Å². The van der Waals surface area contributed by atoms with Crippen molar-refractivity contribution in [1.82, 2.24) is 4.98 Å². The molecule has 0 saturated carbocycles. The number of unbranched alkanes of at least 4 members (excludes halogenated alkanes) is 1. The lowest BCUT2D eigenvalue weighted by atomic mass is 10.2. The minimum atomic E-state index is -0.0195. The van der Waals surface area contributed by atoms with Crippen LogP contribution in [0.2, 0.25) is 0 Å². The first-order valence-electron chi connectivity index (χ1n) is 6.37. The van der Waals surface area contributed by atoms with E-state index in [0.717, 1.165) is 28.8 Å². The van der Waals surface area contributed by atoms with Crippen LogP contribution >= 0.6 is 11.3 Å². The Kier molecular flexibility index (Phi) is 4.97.